The number of aliphatic hydroxyl groups excluding tert-OH is 1. The van der Waals surface area contributed by atoms with Gasteiger partial charge >= 0.3 is 0 Å². The van der Waals surface area contributed by atoms with E-state index in [0.29, 0.717) is 32.0 Å². The molecule has 1 aliphatic rings. The van der Waals surface area contributed by atoms with Gasteiger partial charge in [-0.3, -0.25) is 4.68 Å². The fraction of sp³-hybridized carbons (Fsp3) is 0.769. The summed E-state index contributed by atoms with van der Waals surface area (Å²) in [5, 5.41) is 12.8. The van der Waals surface area contributed by atoms with Gasteiger partial charge in [-0.1, -0.05) is 6.92 Å². The van der Waals surface area contributed by atoms with Crippen LogP contribution in [-0.4, -0.2) is 60.5 Å². The average Bonchev–Trinajstić information content (AvgIpc) is 2.95. The molecule has 0 bridgehead atoms. The van der Waals surface area contributed by atoms with E-state index in [-0.39, 0.29) is 17.6 Å². The monoisotopic (exact) mass is 317 g/mol. The van der Waals surface area contributed by atoms with E-state index >= 15 is 0 Å². The first kappa shape index (κ1) is 16.4. The molecule has 7 nitrogen and oxygen atoms in total. The highest BCUT2D eigenvalue weighted by Gasteiger charge is 2.34. The minimum absolute atomic E-state index is 0.0570. The van der Waals surface area contributed by atoms with Crippen molar-refractivity contribution in [2.24, 2.45) is 5.92 Å². The summed E-state index contributed by atoms with van der Waals surface area (Å²) in [4.78, 5) is 0.199. The van der Waals surface area contributed by atoms with Gasteiger partial charge in [0.15, 0.2) is 0 Å². The molecule has 1 aliphatic heterocycles. The van der Waals surface area contributed by atoms with Gasteiger partial charge in [-0.25, -0.2) is 8.42 Å². The number of hydrogen-bond donors (Lipinski definition) is 1. The SMILES string of the molecule is COC1CN(S(=O)(=O)c2cnn(CCCO)c2)CCC1C. The highest BCUT2D eigenvalue weighted by Crippen LogP contribution is 2.25. The Morgan fingerprint density at radius 1 is 1.52 bits per heavy atom. The number of methoxy groups -OCH3 is 1. The Bertz CT molecular complexity index is 558. The van der Waals surface area contributed by atoms with E-state index in [2.05, 4.69) is 12.0 Å². The lowest BCUT2D eigenvalue weighted by Crippen LogP contribution is -2.46. The lowest BCUT2D eigenvalue weighted by molar-refractivity contribution is 0.0184. The van der Waals surface area contributed by atoms with E-state index in [1.807, 2.05) is 0 Å². The van der Waals surface area contributed by atoms with Gasteiger partial charge in [-0.2, -0.15) is 9.40 Å². The summed E-state index contributed by atoms with van der Waals surface area (Å²) in [7, 11) is -1.91. The zero-order valence-electron chi connectivity index (χ0n) is 12.5. The van der Waals surface area contributed by atoms with Crippen LogP contribution in [0.15, 0.2) is 17.3 Å². The molecular formula is C13H23N3O4S. The number of ether oxygens (including phenoxy) is 1. The minimum Gasteiger partial charge on any atom is -0.396 e. The van der Waals surface area contributed by atoms with Crippen molar-refractivity contribution in [3.05, 3.63) is 12.4 Å². The van der Waals surface area contributed by atoms with Crippen molar-refractivity contribution in [2.75, 3.05) is 26.8 Å². The Labute approximate surface area is 125 Å². The summed E-state index contributed by atoms with van der Waals surface area (Å²) in [5.74, 6) is 0.355. The molecule has 1 aromatic rings. The number of nitrogens with zero attached hydrogens (tertiary/aromatic N) is 3. The van der Waals surface area contributed by atoms with Gasteiger partial charge in [0.2, 0.25) is 10.0 Å². The summed E-state index contributed by atoms with van der Waals surface area (Å²) < 4.78 is 33.6. The fourth-order valence-corrected chi connectivity index (χ4v) is 3.93. The molecular weight excluding hydrogens is 294 g/mol. The minimum atomic E-state index is -3.53. The molecule has 0 amide bonds. The third-order valence-electron chi connectivity index (χ3n) is 3.95. The molecule has 21 heavy (non-hydrogen) atoms. The maximum atomic E-state index is 12.6. The number of aliphatic hydroxyl groups is 1. The van der Waals surface area contributed by atoms with E-state index in [9.17, 15) is 8.42 Å². The summed E-state index contributed by atoms with van der Waals surface area (Å²) in [6.45, 7) is 3.52. The quantitative estimate of drug-likeness (QED) is 0.816. The van der Waals surface area contributed by atoms with E-state index in [4.69, 9.17) is 9.84 Å². The van der Waals surface area contributed by atoms with Gasteiger partial charge in [0.05, 0.1) is 12.3 Å². The van der Waals surface area contributed by atoms with Crippen LogP contribution < -0.4 is 0 Å². The average molecular weight is 317 g/mol. The molecule has 1 fully saturated rings. The Morgan fingerprint density at radius 2 is 2.29 bits per heavy atom. The first-order valence-electron chi connectivity index (χ1n) is 7.15. The normalized spacial score (nSPS) is 24.3. The van der Waals surface area contributed by atoms with Gasteiger partial charge in [0.1, 0.15) is 4.90 Å². The number of rotatable bonds is 6. The lowest BCUT2D eigenvalue weighted by Gasteiger charge is -2.35. The van der Waals surface area contributed by atoms with Crippen molar-refractivity contribution in [3.8, 4) is 0 Å². The number of hydrogen-bond acceptors (Lipinski definition) is 5. The number of piperidine rings is 1. The summed E-state index contributed by atoms with van der Waals surface area (Å²) in [6, 6.07) is 0. The second-order valence-corrected chi connectivity index (χ2v) is 7.36. The van der Waals surface area contributed by atoms with E-state index < -0.39 is 10.0 Å². The maximum absolute atomic E-state index is 12.6. The van der Waals surface area contributed by atoms with Gasteiger partial charge in [0.25, 0.3) is 0 Å². The molecule has 1 aromatic heterocycles. The van der Waals surface area contributed by atoms with Gasteiger partial charge in [-0.15, -0.1) is 0 Å². The van der Waals surface area contributed by atoms with Crippen molar-refractivity contribution >= 4 is 10.0 Å². The molecule has 2 atom stereocenters. The summed E-state index contributed by atoms with van der Waals surface area (Å²) in [5.41, 5.74) is 0. The Hall–Kier alpha value is -0.960. The van der Waals surface area contributed by atoms with Crippen molar-refractivity contribution in [1.29, 1.82) is 0 Å². The molecule has 0 radical (unpaired) electrons. The largest absolute Gasteiger partial charge is 0.396 e. The molecule has 2 heterocycles. The van der Waals surface area contributed by atoms with Gasteiger partial charge < -0.3 is 9.84 Å². The lowest BCUT2D eigenvalue weighted by atomic mass is 9.97. The predicted octanol–water partition coefficient (Wildman–Crippen LogP) is 0.311. The summed E-state index contributed by atoms with van der Waals surface area (Å²) in [6.07, 6.45) is 4.15. The second kappa shape index (κ2) is 6.87. The van der Waals surface area contributed by atoms with Crippen LogP contribution in [0.1, 0.15) is 19.8 Å². The smallest absolute Gasteiger partial charge is 0.246 e. The molecule has 8 heteroatoms. The molecule has 0 spiro atoms. The molecule has 1 saturated heterocycles. The maximum Gasteiger partial charge on any atom is 0.246 e. The molecule has 2 rings (SSSR count). The van der Waals surface area contributed by atoms with Crippen LogP contribution in [0, 0.1) is 5.92 Å². The Kier molecular flexibility index (Phi) is 5.37. The Morgan fingerprint density at radius 3 is 2.95 bits per heavy atom. The van der Waals surface area contributed by atoms with Crippen molar-refractivity contribution in [1.82, 2.24) is 14.1 Å². The number of sulfonamides is 1. The van der Waals surface area contributed by atoms with Crippen molar-refractivity contribution in [2.45, 2.75) is 37.3 Å². The fourth-order valence-electron chi connectivity index (χ4n) is 2.51. The van der Waals surface area contributed by atoms with Crippen molar-refractivity contribution in [3.63, 3.8) is 0 Å². The van der Waals surface area contributed by atoms with Gasteiger partial charge in [-0.05, 0) is 18.8 Å². The van der Waals surface area contributed by atoms with E-state index in [1.165, 1.54) is 16.7 Å². The highest BCUT2D eigenvalue weighted by molar-refractivity contribution is 7.89. The molecule has 1 N–H and O–H groups in total. The summed E-state index contributed by atoms with van der Waals surface area (Å²) >= 11 is 0. The Balaban J connectivity index is 2.12. The second-order valence-electron chi connectivity index (χ2n) is 5.42. The number of aromatic nitrogens is 2. The van der Waals surface area contributed by atoms with Gasteiger partial charge in [0, 0.05) is 39.5 Å². The molecule has 0 aromatic carbocycles. The van der Waals surface area contributed by atoms with E-state index in [0.717, 1.165) is 6.42 Å². The standard InChI is InChI=1S/C13H23N3O4S/c1-11-4-6-16(10-13(11)20-2)21(18,19)12-8-14-15(9-12)5-3-7-17/h8-9,11,13,17H,3-7,10H2,1-2H3. The molecule has 0 aliphatic carbocycles. The zero-order valence-corrected chi connectivity index (χ0v) is 13.3. The van der Waals surface area contributed by atoms with Crippen LogP contribution in [0.5, 0.6) is 0 Å². The van der Waals surface area contributed by atoms with Crippen LogP contribution in [-0.2, 0) is 21.3 Å². The van der Waals surface area contributed by atoms with Crippen LogP contribution >= 0.6 is 0 Å². The molecule has 0 saturated carbocycles. The highest BCUT2D eigenvalue weighted by atomic mass is 32.2. The van der Waals surface area contributed by atoms with Crippen LogP contribution in [0.25, 0.3) is 0 Å². The predicted molar refractivity (Wildman–Crippen MR) is 77.3 cm³/mol. The molecule has 120 valence electrons. The van der Waals surface area contributed by atoms with Crippen molar-refractivity contribution < 1.29 is 18.3 Å². The molecule has 2 unspecified atom stereocenters. The topological polar surface area (TPSA) is 84.7 Å². The third-order valence-corrected chi connectivity index (χ3v) is 5.77. The first-order valence-corrected chi connectivity index (χ1v) is 8.59. The van der Waals surface area contributed by atoms with Crippen LogP contribution in [0.2, 0.25) is 0 Å². The first-order chi connectivity index (χ1) is 9.98. The number of aryl methyl sites for hydroxylation is 1. The van der Waals surface area contributed by atoms with Crippen LogP contribution in [0.4, 0.5) is 0 Å². The zero-order chi connectivity index (χ0) is 15.5. The third kappa shape index (κ3) is 3.63. The van der Waals surface area contributed by atoms with Crippen LogP contribution in [0.3, 0.4) is 0 Å². The van der Waals surface area contributed by atoms with E-state index in [1.54, 1.807) is 11.8 Å².